The molecule has 0 bridgehead atoms. The van der Waals surface area contributed by atoms with Gasteiger partial charge in [0.15, 0.2) is 0 Å². The Bertz CT molecular complexity index is 1840. The molecule has 4 fully saturated rings. The summed E-state index contributed by atoms with van der Waals surface area (Å²) >= 11 is 0. The number of pyridine rings is 1. The highest BCUT2D eigenvalue weighted by atomic mass is 32.2. The fourth-order valence-electron chi connectivity index (χ4n) is 8.36. The molecule has 0 radical (unpaired) electrons. The average Bonchev–Trinajstić information content (AvgIpc) is 3.70. The molecule has 2 N–H and O–H groups in total. The molecule has 0 unspecified atom stereocenters. The van der Waals surface area contributed by atoms with E-state index in [-0.39, 0.29) is 23.6 Å². The van der Waals surface area contributed by atoms with Gasteiger partial charge in [-0.3, -0.25) is 9.69 Å². The molecule has 262 valence electrons. The number of nitrogens with zero attached hydrogens (tertiary/aromatic N) is 6. The summed E-state index contributed by atoms with van der Waals surface area (Å²) in [5.41, 5.74) is 1.20. The van der Waals surface area contributed by atoms with Crippen molar-refractivity contribution >= 4 is 49.8 Å². The summed E-state index contributed by atoms with van der Waals surface area (Å²) < 4.78 is 29.8. The zero-order chi connectivity index (χ0) is 34.5. The molecule has 4 aliphatic heterocycles. The highest BCUT2D eigenvalue weighted by Crippen LogP contribution is 2.41. The Balaban J connectivity index is 1.12. The van der Waals surface area contributed by atoms with Crippen molar-refractivity contribution in [3.63, 3.8) is 0 Å². The van der Waals surface area contributed by atoms with E-state index >= 15 is 0 Å². The van der Waals surface area contributed by atoms with E-state index in [4.69, 9.17) is 14.7 Å². The lowest BCUT2D eigenvalue weighted by Gasteiger charge is -2.48. The van der Waals surface area contributed by atoms with Gasteiger partial charge in [-0.25, -0.2) is 18.4 Å². The van der Waals surface area contributed by atoms with Gasteiger partial charge in [0, 0.05) is 79.3 Å². The van der Waals surface area contributed by atoms with Crippen LogP contribution in [0.25, 0.3) is 10.8 Å². The van der Waals surface area contributed by atoms with Crippen LogP contribution in [0.5, 0.6) is 0 Å². The van der Waals surface area contributed by atoms with E-state index in [0.717, 1.165) is 61.2 Å². The SMILES string of the molecule is C=CC(=O)NC(C)(C)c1ccc(N2C[C@H](CS(C)(=O)=O)[C@H]2C)c2cnc(Nc3ccnc(N4CCC(N5CC[C@H]6COC[C@H]65)CC4)n3)cc12. The lowest BCUT2D eigenvalue weighted by molar-refractivity contribution is -0.118. The number of fused-ring (bicyclic) bond motifs is 2. The first kappa shape index (κ1) is 33.7. The number of benzene rings is 1. The van der Waals surface area contributed by atoms with Gasteiger partial charge in [0.05, 0.1) is 24.5 Å². The van der Waals surface area contributed by atoms with Crippen molar-refractivity contribution in [1.82, 2.24) is 25.2 Å². The first-order valence-electron chi connectivity index (χ1n) is 17.4. The lowest BCUT2D eigenvalue weighted by Crippen LogP contribution is -2.57. The van der Waals surface area contributed by atoms with Crippen LogP contribution in [0, 0.1) is 11.8 Å². The summed E-state index contributed by atoms with van der Waals surface area (Å²) in [5.74, 6) is 2.65. The van der Waals surface area contributed by atoms with Crippen molar-refractivity contribution in [2.45, 2.75) is 63.7 Å². The molecule has 6 heterocycles. The average molecular weight is 689 g/mol. The van der Waals surface area contributed by atoms with E-state index in [0.29, 0.717) is 42.1 Å². The van der Waals surface area contributed by atoms with Gasteiger partial charge < -0.3 is 25.2 Å². The number of anilines is 4. The minimum absolute atomic E-state index is 0.0588. The van der Waals surface area contributed by atoms with Crippen LogP contribution in [0.3, 0.4) is 0 Å². The van der Waals surface area contributed by atoms with Gasteiger partial charge in [0.2, 0.25) is 11.9 Å². The number of amides is 1. The summed E-state index contributed by atoms with van der Waals surface area (Å²) in [6.07, 6.45) is 9.63. The van der Waals surface area contributed by atoms with Crippen LogP contribution < -0.4 is 20.4 Å². The fraction of sp³-hybridized carbons (Fsp3) is 0.556. The maximum atomic E-state index is 12.4. The number of likely N-dealkylation sites (tertiary alicyclic amines) is 1. The number of piperidine rings is 1. The van der Waals surface area contributed by atoms with Crippen molar-refractivity contribution in [3.8, 4) is 0 Å². The van der Waals surface area contributed by atoms with Crippen LogP contribution in [0.15, 0.2) is 49.3 Å². The molecule has 12 nitrogen and oxygen atoms in total. The van der Waals surface area contributed by atoms with Crippen molar-refractivity contribution in [2.75, 3.05) is 66.5 Å². The molecule has 3 aromatic rings. The van der Waals surface area contributed by atoms with E-state index in [1.165, 1.54) is 25.3 Å². The van der Waals surface area contributed by atoms with Gasteiger partial charge in [0.25, 0.3) is 0 Å². The summed E-state index contributed by atoms with van der Waals surface area (Å²) in [6, 6.07) is 9.16. The van der Waals surface area contributed by atoms with Crippen molar-refractivity contribution in [1.29, 1.82) is 0 Å². The number of carbonyl (C=O) groups is 1. The van der Waals surface area contributed by atoms with Gasteiger partial charge in [0.1, 0.15) is 21.5 Å². The molecule has 49 heavy (non-hydrogen) atoms. The summed E-state index contributed by atoms with van der Waals surface area (Å²) in [7, 11) is -3.08. The van der Waals surface area contributed by atoms with Crippen LogP contribution in [0.2, 0.25) is 0 Å². The molecular weight excluding hydrogens is 641 g/mol. The first-order chi connectivity index (χ1) is 23.4. The van der Waals surface area contributed by atoms with Crippen LogP contribution in [-0.2, 0) is 24.9 Å². The van der Waals surface area contributed by atoms with Crippen LogP contribution in [0.4, 0.5) is 23.3 Å². The lowest BCUT2D eigenvalue weighted by atomic mass is 9.86. The Kier molecular flexibility index (Phi) is 9.03. The van der Waals surface area contributed by atoms with Crippen molar-refractivity contribution in [2.24, 2.45) is 11.8 Å². The highest BCUT2D eigenvalue weighted by Gasteiger charge is 2.42. The number of rotatable bonds is 10. The molecule has 0 saturated carbocycles. The van der Waals surface area contributed by atoms with Crippen molar-refractivity contribution < 1.29 is 17.9 Å². The molecule has 0 aliphatic carbocycles. The number of carbonyl (C=O) groups excluding carboxylic acids is 1. The topological polar surface area (TPSA) is 133 Å². The molecular formula is C36H48N8O4S. The van der Waals surface area contributed by atoms with Crippen LogP contribution >= 0.6 is 0 Å². The second kappa shape index (κ2) is 13.1. The second-order valence-corrected chi connectivity index (χ2v) is 17.0. The maximum Gasteiger partial charge on any atom is 0.244 e. The Labute approximate surface area is 289 Å². The normalized spacial score (nSPS) is 24.9. The van der Waals surface area contributed by atoms with Gasteiger partial charge in [-0.1, -0.05) is 12.6 Å². The number of sulfone groups is 1. The Morgan fingerprint density at radius 2 is 1.88 bits per heavy atom. The number of nitrogens with one attached hydrogen (secondary N) is 2. The minimum atomic E-state index is -3.08. The van der Waals surface area contributed by atoms with Crippen LogP contribution in [-0.4, -0.2) is 104 Å². The van der Waals surface area contributed by atoms with Gasteiger partial charge >= 0.3 is 0 Å². The molecule has 1 aromatic carbocycles. The summed E-state index contributed by atoms with van der Waals surface area (Å²) in [5, 5.41) is 8.32. The minimum Gasteiger partial charge on any atom is -0.379 e. The Hall–Kier alpha value is -3.81. The third kappa shape index (κ3) is 6.85. The molecule has 4 atom stereocenters. The summed E-state index contributed by atoms with van der Waals surface area (Å²) in [4.78, 5) is 33.9. The number of aromatic nitrogens is 3. The van der Waals surface area contributed by atoms with Crippen molar-refractivity contribution in [3.05, 3.63) is 54.9 Å². The van der Waals surface area contributed by atoms with Gasteiger partial charge in [-0.2, -0.15) is 4.98 Å². The van der Waals surface area contributed by atoms with E-state index in [2.05, 4.69) is 43.8 Å². The van der Waals surface area contributed by atoms with E-state index in [1.54, 1.807) is 6.20 Å². The van der Waals surface area contributed by atoms with E-state index < -0.39 is 15.4 Å². The third-order valence-corrected chi connectivity index (χ3v) is 12.1. The van der Waals surface area contributed by atoms with Crippen LogP contribution in [0.1, 0.15) is 45.6 Å². The zero-order valence-corrected chi connectivity index (χ0v) is 29.7. The standard InChI is InChI=1S/C36H48N8O4S/c1-6-34(45)41-36(3,4)29-7-8-30(44-19-25(23(44)2)22-49(5,46)47)28-18-38-33(17-27(28)29)39-32-9-13-37-35(40-32)42-14-11-26(12-15-42)43-16-10-24-20-48-21-31(24)43/h6-9,13,17-18,23-26,31H,1,10-12,14-16,19-22H2,2-5H3,(H,41,45)(H,37,38,39,40)/t23-,24+,25-,31-/m1/s1. The Morgan fingerprint density at radius 1 is 1.08 bits per heavy atom. The molecule has 4 aliphatic rings. The molecule has 4 saturated heterocycles. The van der Waals surface area contributed by atoms with Gasteiger partial charge in [-0.05, 0) is 81.8 Å². The molecule has 7 rings (SSSR count). The largest absolute Gasteiger partial charge is 0.379 e. The monoisotopic (exact) mass is 688 g/mol. The number of ether oxygens (including phenoxy) is 1. The molecule has 0 spiro atoms. The fourth-order valence-corrected chi connectivity index (χ4v) is 9.53. The maximum absolute atomic E-state index is 12.4. The molecule has 13 heteroatoms. The number of hydrogen-bond donors (Lipinski definition) is 2. The third-order valence-electron chi connectivity index (χ3n) is 11.1. The van der Waals surface area contributed by atoms with E-state index in [9.17, 15) is 13.2 Å². The zero-order valence-electron chi connectivity index (χ0n) is 28.9. The quantitative estimate of drug-likeness (QED) is 0.301. The highest BCUT2D eigenvalue weighted by molar-refractivity contribution is 7.90. The first-order valence-corrected chi connectivity index (χ1v) is 19.5. The second-order valence-electron chi connectivity index (χ2n) is 14.8. The number of hydrogen-bond acceptors (Lipinski definition) is 11. The predicted octanol–water partition coefficient (Wildman–Crippen LogP) is 3.86. The van der Waals surface area contributed by atoms with E-state index in [1.807, 2.05) is 44.3 Å². The molecule has 1 amide bonds. The summed E-state index contributed by atoms with van der Waals surface area (Å²) in [6.45, 7) is 15.1. The predicted molar refractivity (Wildman–Crippen MR) is 193 cm³/mol. The van der Waals surface area contributed by atoms with Gasteiger partial charge in [-0.15, -0.1) is 0 Å². The smallest absolute Gasteiger partial charge is 0.244 e. The molecule has 2 aromatic heterocycles. The Morgan fingerprint density at radius 3 is 2.61 bits per heavy atom.